The summed E-state index contributed by atoms with van der Waals surface area (Å²) in [6.45, 7) is 5.54. The molecule has 4 rings (SSSR count). The Bertz CT molecular complexity index is 709. The summed E-state index contributed by atoms with van der Waals surface area (Å²) in [5.74, 6) is 1.72. The van der Waals surface area contributed by atoms with Gasteiger partial charge >= 0.3 is 0 Å². The first kappa shape index (κ1) is 16.6. The van der Waals surface area contributed by atoms with Crippen molar-refractivity contribution in [2.45, 2.75) is 45.5 Å². The number of aromatic nitrogens is 2. The van der Waals surface area contributed by atoms with Crippen molar-refractivity contribution in [3.8, 4) is 5.75 Å². The molecule has 1 aromatic heterocycles. The largest absolute Gasteiger partial charge is 0.497 e. The van der Waals surface area contributed by atoms with E-state index in [-0.39, 0.29) is 0 Å². The molecule has 0 amide bonds. The number of nitrogens with zero attached hydrogens (tertiary/aromatic N) is 3. The van der Waals surface area contributed by atoms with Gasteiger partial charge in [0.1, 0.15) is 5.75 Å². The van der Waals surface area contributed by atoms with Crippen LogP contribution in [0.5, 0.6) is 5.75 Å². The fourth-order valence-corrected chi connectivity index (χ4v) is 3.47. The van der Waals surface area contributed by atoms with Crippen LogP contribution in [0.4, 0.5) is 0 Å². The summed E-state index contributed by atoms with van der Waals surface area (Å²) in [5, 5.41) is 0. The van der Waals surface area contributed by atoms with Crippen LogP contribution in [0.3, 0.4) is 0 Å². The van der Waals surface area contributed by atoms with Gasteiger partial charge in [-0.1, -0.05) is 12.1 Å². The van der Waals surface area contributed by atoms with E-state index in [0.717, 1.165) is 56.6 Å². The van der Waals surface area contributed by atoms with Gasteiger partial charge in [0.05, 0.1) is 31.4 Å². The van der Waals surface area contributed by atoms with Crippen molar-refractivity contribution in [2.24, 2.45) is 5.92 Å². The van der Waals surface area contributed by atoms with Crippen molar-refractivity contribution in [1.82, 2.24) is 14.5 Å². The third kappa shape index (κ3) is 4.22. The molecule has 1 aliphatic carbocycles. The molecule has 2 heterocycles. The first-order chi connectivity index (χ1) is 12.3. The molecular weight excluding hydrogens is 314 g/mol. The van der Waals surface area contributed by atoms with Crippen LogP contribution < -0.4 is 4.74 Å². The Morgan fingerprint density at radius 1 is 1.24 bits per heavy atom. The van der Waals surface area contributed by atoms with Crippen LogP contribution in [0, 0.1) is 5.92 Å². The van der Waals surface area contributed by atoms with Gasteiger partial charge in [-0.25, -0.2) is 4.98 Å². The first-order valence-electron chi connectivity index (χ1n) is 9.28. The zero-order valence-electron chi connectivity index (χ0n) is 15.0. The summed E-state index contributed by atoms with van der Waals surface area (Å²) in [4.78, 5) is 7.12. The minimum atomic E-state index is 0.645. The Morgan fingerprint density at radius 2 is 2.16 bits per heavy atom. The van der Waals surface area contributed by atoms with Gasteiger partial charge < -0.3 is 14.0 Å². The van der Waals surface area contributed by atoms with Gasteiger partial charge in [-0.15, -0.1) is 0 Å². The maximum absolute atomic E-state index is 5.88. The number of rotatable bonds is 7. The molecule has 1 aromatic carbocycles. The summed E-state index contributed by atoms with van der Waals surface area (Å²) >= 11 is 0. The fourth-order valence-electron chi connectivity index (χ4n) is 3.47. The van der Waals surface area contributed by atoms with Crippen molar-refractivity contribution >= 4 is 0 Å². The zero-order chi connectivity index (χ0) is 17.1. The molecule has 1 aliphatic heterocycles. The third-order valence-corrected chi connectivity index (χ3v) is 5.11. The Balaban J connectivity index is 1.42. The van der Waals surface area contributed by atoms with Crippen LogP contribution in [0.1, 0.15) is 36.2 Å². The second kappa shape index (κ2) is 7.58. The van der Waals surface area contributed by atoms with Crippen LogP contribution in [0.25, 0.3) is 0 Å². The summed E-state index contributed by atoms with van der Waals surface area (Å²) in [7, 11) is 1.72. The van der Waals surface area contributed by atoms with Crippen molar-refractivity contribution in [1.29, 1.82) is 0 Å². The number of aryl methyl sites for hydroxylation is 1. The second-order valence-electron chi connectivity index (χ2n) is 7.21. The molecule has 134 valence electrons. The molecule has 1 saturated carbocycles. The molecule has 0 atom stereocenters. The molecular formula is C20H27N3O2. The molecule has 0 N–H and O–H groups in total. The Morgan fingerprint density at radius 3 is 3.00 bits per heavy atom. The molecule has 0 bridgehead atoms. The van der Waals surface area contributed by atoms with Gasteiger partial charge in [-0.05, 0) is 42.9 Å². The summed E-state index contributed by atoms with van der Waals surface area (Å²) < 4.78 is 13.5. The van der Waals surface area contributed by atoms with E-state index in [9.17, 15) is 0 Å². The number of hydrogen-bond acceptors (Lipinski definition) is 4. The van der Waals surface area contributed by atoms with E-state index in [2.05, 4.69) is 32.7 Å². The van der Waals surface area contributed by atoms with Crippen molar-refractivity contribution in [3.05, 3.63) is 47.5 Å². The van der Waals surface area contributed by atoms with E-state index in [1.807, 2.05) is 12.4 Å². The van der Waals surface area contributed by atoms with Gasteiger partial charge in [0, 0.05) is 32.8 Å². The van der Waals surface area contributed by atoms with Gasteiger partial charge in [-0.3, -0.25) is 4.90 Å². The molecule has 0 saturated heterocycles. The van der Waals surface area contributed by atoms with Crippen molar-refractivity contribution in [3.63, 3.8) is 0 Å². The molecule has 0 unspecified atom stereocenters. The molecule has 2 aliphatic rings. The van der Waals surface area contributed by atoms with E-state index in [4.69, 9.17) is 9.47 Å². The highest BCUT2D eigenvalue weighted by molar-refractivity contribution is 5.28. The topological polar surface area (TPSA) is 39.5 Å². The lowest BCUT2D eigenvalue weighted by Crippen LogP contribution is -2.23. The van der Waals surface area contributed by atoms with E-state index in [1.54, 1.807) is 7.11 Å². The SMILES string of the molecule is COc1cccc(CN2CCCn3cnc(COCC4CC4)c3C2)c1. The molecule has 0 radical (unpaired) electrons. The zero-order valence-corrected chi connectivity index (χ0v) is 15.0. The minimum absolute atomic E-state index is 0.645. The summed E-state index contributed by atoms with van der Waals surface area (Å²) in [5.41, 5.74) is 3.72. The van der Waals surface area contributed by atoms with Gasteiger partial charge in [0.25, 0.3) is 0 Å². The number of ether oxygens (including phenoxy) is 2. The maximum Gasteiger partial charge on any atom is 0.119 e. The van der Waals surface area contributed by atoms with Crippen molar-refractivity contribution in [2.75, 3.05) is 20.3 Å². The van der Waals surface area contributed by atoms with Gasteiger partial charge in [-0.2, -0.15) is 0 Å². The lowest BCUT2D eigenvalue weighted by atomic mass is 10.2. The van der Waals surface area contributed by atoms with Gasteiger partial charge in [0.2, 0.25) is 0 Å². The van der Waals surface area contributed by atoms with E-state index in [0.29, 0.717) is 6.61 Å². The number of fused-ring (bicyclic) bond motifs is 1. The summed E-state index contributed by atoms with van der Waals surface area (Å²) in [6, 6.07) is 8.36. The van der Waals surface area contributed by atoms with Crippen LogP contribution in [0.15, 0.2) is 30.6 Å². The molecule has 1 fully saturated rings. The Labute approximate surface area is 149 Å². The number of methoxy groups -OCH3 is 1. The molecule has 5 heteroatoms. The van der Waals surface area contributed by atoms with Crippen LogP contribution in [0.2, 0.25) is 0 Å². The molecule has 2 aromatic rings. The van der Waals surface area contributed by atoms with Crippen LogP contribution in [-0.2, 0) is 31.0 Å². The van der Waals surface area contributed by atoms with Crippen molar-refractivity contribution < 1.29 is 9.47 Å². The highest BCUT2D eigenvalue weighted by Gasteiger charge is 2.23. The average Bonchev–Trinajstić information content (AvgIpc) is 3.41. The van der Waals surface area contributed by atoms with Gasteiger partial charge in [0.15, 0.2) is 0 Å². The Hall–Kier alpha value is -1.85. The predicted octanol–water partition coefficient (Wildman–Crippen LogP) is 3.22. The highest BCUT2D eigenvalue weighted by atomic mass is 16.5. The Kier molecular flexibility index (Phi) is 5.04. The third-order valence-electron chi connectivity index (χ3n) is 5.11. The standard InChI is InChI=1S/C20H27N3O2/c1-24-18-5-2-4-17(10-18)11-22-8-3-9-23-15-21-19(20(23)12-22)14-25-13-16-6-7-16/h2,4-5,10,15-16H,3,6-9,11-14H2,1H3. The lowest BCUT2D eigenvalue weighted by molar-refractivity contribution is 0.107. The normalized spacial score (nSPS) is 18.0. The average molecular weight is 341 g/mol. The quantitative estimate of drug-likeness (QED) is 0.775. The lowest BCUT2D eigenvalue weighted by Gasteiger charge is -2.20. The minimum Gasteiger partial charge on any atom is -0.497 e. The van der Waals surface area contributed by atoms with Crippen LogP contribution >= 0.6 is 0 Å². The van der Waals surface area contributed by atoms with E-state index in [1.165, 1.54) is 24.1 Å². The van der Waals surface area contributed by atoms with Crippen LogP contribution in [-0.4, -0.2) is 34.7 Å². The maximum atomic E-state index is 5.88. The first-order valence-corrected chi connectivity index (χ1v) is 9.28. The number of benzene rings is 1. The predicted molar refractivity (Wildman–Crippen MR) is 96.3 cm³/mol. The fraction of sp³-hybridized carbons (Fsp3) is 0.550. The molecule has 25 heavy (non-hydrogen) atoms. The smallest absolute Gasteiger partial charge is 0.119 e. The number of imidazole rings is 1. The van der Waals surface area contributed by atoms with E-state index >= 15 is 0 Å². The molecule has 0 spiro atoms. The second-order valence-corrected chi connectivity index (χ2v) is 7.21. The molecule has 5 nitrogen and oxygen atoms in total. The number of hydrogen-bond donors (Lipinski definition) is 0. The monoisotopic (exact) mass is 341 g/mol. The van der Waals surface area contributed by atoms with E-state index < -0.39 is 0 Å². The highest BCUT2D eigenvalue weighted by Crippen LogP contribution is 2.29. The summed E-state index contributed by atoms with van der Waals surface area (Å²) in [6.07, 6.45) is 5.79.